The SMILES string of the molecule is COc1cc([C@]2(C(=O)OC(C)(C)C)Cc3ccccc3C2=O)cc(O)c1O. The summed E-state index contributed by atoms with van der Waals surface area (Å²) in [5, 5.41) is 20.0. The molecule has 0 saturated heterocycles. The fraction of sp³-hybridized carbons (Fsp3) is 0.333. The van der Waals surface area contributed by atoms with Crippen molar-refractivity contribution in [2.45, 2.75) is 38.2 Å². The fourth-order valence-electron chi connectivity index (χ4n) is 3.37. The lowest BCUT2D eigenvalue weighted by Crippen LogP contribution is -2.46. The molecule has 6 heteroatoms. The van der Waals surface area contributed by atoms with Crippen LogP contribution in [-0.4, -0.2) is 34.7 Å². The van der Waals surface area contributed by atoms with E-state index >= 15 is 0 Å². The van der Waals surface area contributed by atoms with E-state index in [0.717, 1.165) is 5.56 Å². The van der Waals surface area contributed by atoms with Gasteiger partial charge < -0.3 is 19.7 Å². The zero-order valence-corrected chi connectivity index (χ0v) is 15.7. The molecule has 1 aliphatic rings. The molecule has 0 saturated carbocycles. The van der Waals surface area contributed by atoms with Crippen LogP contribution >= 0.6 is 0 Å². The van der Waals surface area contributed by atoms with E-state index < -0.39 is 34.3 Å². The number of esters is 1. The number of ketones is 1. The van der Waals surface area contributed by atoms with Gasteiger partial charge in [0.1, 0.15) is 5.60 Å². The van der Waals surface area contributed by atoms with Crippen LogP contribution in [0.2, 0.25) is 0 Å². The molecule has 2 N–H and O–H groups in total. The molecule has 2 aromatic carbocycles. The molecule has 0 radical (unpaired) electrons. The summed E-state index contributed by atoms with van der Waals surface area (Å²) in [6, 6.07) is 9.59. The summed E-state index contributed by atoms with van der Waals surface area (Å²) in [5.41, 5.74) is -1.09. The largest absolute Gasteiger partial charge is 0.504 e. The number of methoxy groups -OCH3 is 1. The second-order valence-electron chi connectivity index (χ2n) is 7.62. The Morgan fingerprint density at radius 3 is 2.41 bits per heavy atom. The zero-order valence-electron chi connectivity index (χ0n) is 15.7. The van der Waals surface area contributed by atoms with Gasteiger partial charge in [0.25, 0.3) is 0 Å². The molecule has 27 heavy (non-hydrogen) atoms. The van der Waals surface area contributed by atoms with Gasteiger partial charge in [-0.2, -0.15) is 0 Å². The summed E-state index contributed by atoms with van der Waals surface area (Å²) in [6.45, 7) is 5.17. The standard InChI is InChI=1S/C21H22O6/c1-20(2,3)27-19(25)21(11-12-7-5-6-8-14(12)18(21)24)13-9-15(22)17(23)16(10-13)26-4/h5-10,22-23H,11H2,1-4H3/t21-/m1/s1. The zero-order chi connectivity index (χ0) is 20.0. The normalized spacial score (nSPS) is 18.9. The van der Waals surface area contributed by atoms with Gasteiger partial charge in [-0.1, -0.05) is 24.3 Å². The van der Waals surface area contributed by atoms with Crippen molar-refractivity contribution in [3.05, 3.63) is 53.1 Å². The number of phenolic OH excluding ortho intramolecular Hbond substituents is 2. The lowest BCUT2D eigenvalue weighted by molar-refractivity contribution is -0.159. The van der Waals surface area contributed by atoms with E-state index in [4.69, 9.17) is 9.47 Å². The van der Waals surface area contributed by atoms with Crippen LogP contribution < -0.4 is 4.74 Å². The third-order valence-corrected chi connectivity index (χ3v) is 4.62. The van der Waals surface area contributed by atoms with Crippen molar-refractivity contribution < 1.29 is 29.3 Å². The number of Topliss-reactive ketones (excluding diaryl/α,β-unsaturated/α-hetero) is 1. The average molecular weight is 370 g/mol. The van der Waals surface area contributed by atoms with E-state index in [9.17, 15) is 19.8 Å². The Kier molecular flexibility index (Phi) is 4.38. The summed E-state index contributed by atoms with van der Waals surface area (Å²) in [4.78, 5) is 26.6. The molecule has 0 aromatic heterocycles. The fourth-order valence-corrected chi connectivity index (χ4v) is 3.37. The first kappa shape index (κ1) is 18.8. The number of carbonyl (C=O) groups is 2. The van der Waals surface area contributed by atoms with Crippen molar-refractivity contribution in [2.24, 2.45) is 0 Å². The number of benzene rings is 2. The molecule has 2 aromatic rings. The number of aromatic hydroxyl groups is 2. The second-order valence-corrected chi connectivity index (χ2v) is 7.62. The maximum atomic E-state index is 13.4. The molecule has 1 aliphatic carbocycles. The number of ether oxygens (including phenoxy) is 2. The predicted octanol–water partition coefficient (Wildman–Crippen LogP) is 3.12. The minimum absolute atomic E-state index is 0.0308. The first-order valence-corrected chi connectivity index (χ1v) is 8.57. The van der Waals surface area contributed by atoms with Crippen molar-refractivity contribution in [1.29, 1.82) is 0 Å². The van der Waals surface area contributed by atoms with Crippen LogP contribution in [0.15, 0.2) is 36.4 Å². The Bertz CT molecular complexity index is 925. The first-order valence-electron chi connectivity index (χ1n) is 8.57. The average Bonchev–Trinajstić information content (AvgIpc) is 2.90. The van der Waals surface area contributed by atoms with Gasteiger partial charge in [-0.25, -0.2) is 0 Å². The monoisotopic (exact) mass is 370 g/mol. The summed E-state index contributed by atoms with van der Waals surface area (Å²) in [7, 11) is 1.32. The van der Waals surface area contributed by atoms with Gasteiger partial charge >= 0.3 is 5.97 Å². The summed E-state index contributed by atoms with van der Waals surface area (Å²) in [5.74, 6) is -2.07. The highest BCUT2D eigenvalue weighted by molar-refractivity contribution is 6.20. The van der Waals surface area contributed by atoms with E-state index in [-0.39, 0.29) is 17.7 Å². The van der Waals surface area contributed by atoms with Crippen LogP contribution in [0.1, 0.15) is 42.3 Å². The molecule has 0 aliphatic heterocycles. The van der Waals surface area contributed by atoms with Gasteiger partial charge in [0, 0.05) is 12.0 Å². The quantitative estimate of drug-likeness (QED) is 0.490. The summed E-state index contributed by atoms with van der Waals surface area (Å²) < 4.78 is 10.7. The molecule has 0 unspecified atom stereocenters. The Morgan fingerprint density at radius 1 is 1.15 bits per heavy atom. The number of carbonyl (C=O) groups excluding carboxylic acids is 2. The molecule has 3 rings (SSSR count). The van der Waals surface area contributed by atoms with Crippen LogP contribution in [0.3, 0.4) is 0 Å². The topological polar surface area (TPSA) is 93.1 Å². The van der Waals surface area contributed by atoms with Crippen LogP contribution in [0.5, 0.6) is 17.2 Å². The van der Waals surface area contributed by atoms with Crippen LogP contribution in [-0.2, 0) is 21.4 Å². The highest BCUT2D eigenvalue weighted by Gasteiger charge is 2.55. The Morgan fingerprint density at radius 2 is 1.81 bits per heavy atom. The van der Waals surface area contributed by atoms with Gasteiger partial charge in [-0.3, -0.25) is 9.59 Å². The Hall–Kier alpha value is -3.02. The van der Waals surface area contributed by atoms with E-state index in [0.29, 0.717) is 5.56 Å². The maximum absolute atomic E-state index is 13.4. The smallest absolute Gasteiger partial charge is 0.325 e. The summed E-state index contributed by atoms with van der Waals surface area (Å²) >= 11 is 0. The molecule has 142 valence electrons. The number of rotatable bonds is 3. The lowest BCUT2D eigenvalue weighted by atomic mass is 9.76. The Labute approximate surface area is 157 Å². The molecule has 0 spiro atoms. The molecule has 0 heterocycles. The van der Waals surface area contributed by atoms with Gasteiger partial charge in [0.15, 0.2) is 22.7 Å². The van der Waals surface area contributed by atoms with E-state index in [1.54, 1.807) is 45.0 Å². The van der Waals surface area contributed by atoms with Gasteiger partial charge in [0.05, 0.1) is 7.11 Å². The van der Waals surface area contributed by atoms with Gasteiger partial charge in [0.2, 0.25) is 5.75 Å². The van der Waals surface area contributed by atoms with Crippen LogP contribution in [0, 0.1) is 0 Å². The van der Waals surface area contributed by atoms with Crippen molar-refractivity contribution >= 4 is 11.8 Å². The lowest BCUT2D eigenvalue weighted by Gasteiger charge is -2.30. The predicted molar refractivity (Wildman–Crippen MR) is 98.3 cm³/mol. The van der Waals surface area contributed by atoms with Crippen molar-refractivity contribution in [3.63, 3.8) is 0 Å². The number of fused-ring (bicyclic) bond motifs is 1. The Balaban J connectivity index is 2.24. The molecule has 0 bridgehead atoms. The summed E-state index contributed by atoms with van der Waals surface area (Å²) in [6.07, 6.45) is 0.101. The number of phenols is 2. The molecule has 0 amide bonds. The van der Waals surface area contributed by atoms with Crippen molar-refractivity contribution in [1.82, 2.24) is 0 Å². The molecular formula is C21H22O6. The van der Waals surface area contributed by atoms with Crippen LogP contribution in [0.25, 0.3) is 0 Å². The number of hydrogen-bond donors (Lipinski definition) is 2. The van der Waals surface area contributed by atoms with E-state index in [2.05, 4.69) is 0 Å². The van der Waals surface area contributed by atoms with Crippen LogP contribution in [0.4, 0.5) is 0 Å². The van der Waals surface area contributed by atoms with E-state index in [1.807, 2.05) is 0 Å². The first-order chi connectivity index (χ1) is 12.6. The third kappa shape index (κ3) is 3.01. The molecule has 0 fully saturated rings. The minimum Gasteiger partial charge on any atom is -0.504 e. The molecular weight excluding hydrogens is 348 g/mol. The minimum atomic E-state index is -1.66. The van der Waals surface area contributed by atoms with E-state index in [1.165, 1.54) is 19.2 Å². The molecule has 1 atom stereocenters. The molecule has 6 nitrogen and oxygen atoms in total. The highest BCUT2D eigenvalue weighted by Crippen LogP contribution is 2.46. The highest BCUT2D eigenvalue weighted by atomic mass is 16.6. The van der Waals surface area contributed by atoms with Crippen molar-refractivity contribution in [3.8, 4) is 17.2 Å². The maximum Gasteiger partial charge on any atom is 0.325 e. The second kappa shape index (κ2) is 6.30. The third-order valence-electron chi connectivity index (χ3n) is 4.62. The van der Waals surface area contributed by atoms with Crippen molar-refractivity contribution in [2.75, 3.05) is 7.11 Å². The number of hydrogen-bond acceptors (Lipinski definition) is 6. The van der Waals surface area contributed by atoms with Gasteiger partial charge in [-0.15, -0.1) is 0 Å². The van der Waals surface area contributed by atoms with Gasteiger partial charge in [-0.05, 0) is 44.0 Å².